The Labute approximate surface area is 113 Å². The molecular weight excluding hydrogens is 236 g/mol. The number of aromatic nitrogens is 1. The molecule has 100 valence electrons. The monoisotopic (exact) mass is 256 g/mol. The topological polar surface area (TPSA) is 48.0 Å². The molecule has 0 spiro atoms. The van der Waals surface area contributed by atoms with Crippen LogP contribution in [0.2, 0.25) is 0 Å². The summed E-state index contributed by atoms with van der Waals surface area (Å²) in [6.07, 6.45) is 0. The van der Waals surface area contributed by atoms with Crippen LogP contribution in [0.4, 0.5) is 0 Å². The van der Waals surface area contributed by atoms with Crippen molar-refractivity contribution in [2.75, 3.05) is 0 Å². The Morgan fingerprint density at radius 2 is 1.79 bits per heavy atom. The molecule has 2 rings (SSSR count). The molecule has 0 amide bonds. The molecule has 2 aromatic rings. The lowest BCUT2D eigenvalue weighted by Gasteiger charge is -2.15. The molecule has 1 aromatic carbocycles. The first-order chi connectivity index (χ1) is 8.95. The van der Waals surface area contributed by atoms with Gasteiger partial charge in [0, 0.05) is 24.7 Å². The number of hydrogen-bond acceptors (Lipinski definition) is 2. The molecule has 0 saturated carbocycles. The van der Waals surface area contributed by atoms with E-state index in [0.29, 0.717) is 5.56 Å². The average molecular weight is 256 g/mol. The van der Waals surface area contributed by atoms with Gasteiger partial charge < -0.3 is 10.3 Å². The van der Waals surface area contributed by atoms with Gasteiger partial charge in [-0.05, 0) is 38.0 Å². The summed E-state index contributed by atoms with van der Waals surface area (Å²) >= 11 is 0. The van der Waals surface area contributed by atoms with Gasteiger partial charge in [-0.2, -0.15) is 0 Å². The van der Waals surface area contributed by atoms with Crippen molar-refractivity contribution >= 4 is 0 Å². The molecule has 19 heavy (non-hydrogen) atoms. The number of hydrogen-bond donors (Lipinski definition) is 1. The summed E-state index contributed by atoms with van der Waals surface area (Å²) in [4.78, 5) is 12.3. The van der Waals surface area contributed by atoms with Crippen molar-refractivity contribution in [1.29, 1.82) is 0 Å². The van der Waals surface area contributed by atoms with Crippen LogP contribution in [0.3, 0.4) is 0 Å². The van der Waals surface area contributed by atoms with Gasteiger partial charge in [0.25, 0.3) is 5.56 Å². The third-order valence-corrected chi connectivity index (χ3v) is 3.62. The number of rotatable bonds is 2. The van der Waals surface area contributed by atoms with Crippen molar-refractivity contribution in [2.45, 2.75) is 27.3 Å². The zero-order valence-electron chi connectivity index (χ0n) is 11.9. The summed E-state index contributed by atoms with van der Waals surface area (Å²) in [7, 11) is 1.80. The third kappa shape index (κ3) is 2.34. The molecule has 3 heteroatoms. The summed E-state index contributed by atoms with van der Waals surface area (Å²) in [5.41, 5.74) is 11.7. The largest absolute Gasteiger partial charge is 0.326 e. The third-order valence-electron chi connectivity index (χ3n) is 3.62. The van der Waals surface area contributed by atoms with Crippen molar-refractivity contribution in [3.8, 4) is 11.3 Å². The highest BCUT2D eigenvalue weighted by molar-refractivity contribution is 5.65. The van der Waals surface area contributed by atoms with Gasteiger partial charge in [0.2, 0.25) is 0 Å². The fourth-order valence-corrected chi connectivity index (χ4v) is 2.48. The number of pyridine rings is 1. The highest BCUT2D eigenvalue weighted by Gasteiger charge is 2.11. The molecule has 0 fully saturated rings. The lowest BCUT2D eigenvalue weighted by Crippen LogP contribution is -2.25. The maximum absolute atomic E-state index is 12.3. The van der Waals surface area contributed by atoms with Gasteiger partial charge in [-0.15, -0.1) is 0 Å². The van der Waals surface area contributed by atoms with Gasteiger partial charge in [0.05, 0.1) is 5.69 Å². The SMILES string of the molecule is Cc1ccc(-c2cc(C)c(CN)c(=O)n2C)c(C)c1. The summed E-state index contributed by atoms with van der Waals surface area (Å²) in [5.74, 6) is 0. The van der Waals surface area contributed by atoms with E-state index in [1.807, 2.05) is 13.0 Å². The lowest BCUT2D eigenvalue weighted by molar-refractivity contribution is 0.830. The first-order valence-corrected chi connectivity index (χ1v) is 6.43. The molecule has 0 radical (unpaired) electrons. The van der Waals surface area contributed by atoms with E-state index in [9.17, 15) is 4.79 Å². The summed E-state index contributed by atoms with van der Waals surface area (Å²) in [5, 5.41) is 0. The molecule has 3 nitrogen and oxygen atoms in total. The highest BCUT2D eigenvalue weighted by Crippen LogP contribution is 2.24. The van der Waals surface area contributed by atoms with Gasteiger partial charge in [0.15, 0.2) is 0 Å². The van der Waals surface area contributed by atoms with Crippen LogP contribution in [0.25, 0.3) is 11.3 Å². The Hall–Kier alpha value is -1.87. The van der Waals surface area contributed by atoms with E-state index in [1.165, 1.54) is 11.1 Å². The zero-order valence-corrected chi connectivity index (χ0v) is 11.9. The van der Waals surface area contributed by atoms with Crippen LogP contribution in [0.15, 0.2) is 29.1 Å². The van der Waals surface area contributed by atoms with Crippen LogP contribution in [0, 0.1) is 20.8 Å². The van der Waals surface area contributed by atoms with Gasteiger partial charge in [0.1, 0.15) is 0 Å². The van der Waals surface area contributed by atoms with Crippen molar-refractivity contribution in [3.05, 3.63) is 56.9 Å². The van der Waals surface area contributed by atoms with E-state index in [-0.39, 0.29) is 12.1 Å². The molecule has 0 bridgehead atoms. The standard InChI is InChI=1S/C16H20N2O/c1-10-5-6-13(11(2)7-10)15-8-12(3)14(9-17)16(19)18(15)4/h5-8H,9,17H2,1-4H3. The predicted molar refractivity (Wildman–Crippen MR) is 79.2 cm³/mol. The molecule has 0 saturated heterocycles. The van der Waals surface area contributed by atoms with Crippen molar-refractivity contribution in [2.24, 2.45) is 12.8 Å². The number of aryl methyl sites for hydroxylation is 3. The number of benzene rings is 1. The van der Waals surface area contributed by atoms with Gasteiger partial charge >= 0.3 is 0 Å². The van der Waals surface area contributed by atoms with E-state index < -0.39 is 0 Å². The van der Waals surface area contributed by atoms with Crippen LogP contribution in [0.1, 0.15) is 22.3 Å². The van der Waals surface area contributed by atoms with Gasteiger partial charge in [-0.1, -0.05) is 23.8 Å². The number of nitrogens with zero attached hydrogens (tertiary/aromatic N) is 1. The molecule has 0 aliphatic carbocycles. The lowest BCUT2D eigenvalue weighted by atomic mass is 10.00. The van der Waals surface area contributed by atoms with E-state index in [1.54, 1.807) is 11.6 Å². The smallest absolute Gasteiger partial charge is 0.255 e. The minimum Gasteiger partial charge on any atom is -0.326 e. The molecule has 0 aliphatic heterocycles. The van der Waals surface area contributed by atoms with E-state index in [2.05, 4.69) is 32.0 Å². The van der Waals surface area contributed by atoms with Crippen molar-refractivity contribution in [1.82, 2.24) is 4.57 Å². The van der Waals surface area contributed by atoms with Gasteiger partial charge in [-0.25, -0.2) is 0 Å². The van der Waals surface area contributed by atoms with Gasteiger partial charge in [-0.3, -0.25) is 4.79 Å². The Morgan fingerprint density at radius 3 is 2.37 bits per heavy atom. The maximum atomic E-state index is 12.3. The van der Waals surface area contributed by atoms with Crippen molar-refractivity contribution in [3.63, 3.8) is 0 Å². The molecule has 0 atom stereocenters. The van der Waals surface area contributed by atoms with E-state index >= 15 is 0 Å². The van der Waals surface area contributed by atoms with E-state index in [0.717, 1.165) is 16.8 Å². The second-order valence-electron chi connectivity index (χ2n) is 5.08. The van der Waals surface area contributed by atoms with Crippen LogP contribution in [-0.2, 0) is 13.6 Å². The van der Waals surface area contributed by atoms with Crippen LogP contribution in [0.5, 0.6) is 0 Å². The maximum Gasteiger partial charge on any atom is 0.255 e. The zero-order chi connectivity index (χ0) is 14.2. The van der Waals surface area contributed by atoms with Crippen molar-refractivity contribution < 1.29 is 0 Å². The molecule has 1 aromatic heterocycles. The second kappa shape index (κ2) is 5.02. The Balaban J connectivity index is 2.73. The summed E-state index contributed by atoms with van der Waals surface area (Å²) in [6.45, 7) is 6.36. The summed E-state index contributed by atoms with van der Waals surface area (Å²) < 4.78 is 1.69. The Bertz CT molecular complexity index is 684. The number of nitrogens with two attached hydrogens (primary N) is 1. The molecular formula is C16H20N2O. The minimum absolute atomic E-state index is 0.00234. The normalized spacial score (nSPS) is 10.8. The quantitative estimate of drug-likeness (QED) is 0.897. The fraction of sp³-hybridized carbons (Fsp3) is 0.312. The fourth-order valence-electron chi connectivity index (χ4n) is 2.48. The molecule has 1 heterocycles. The Morgan fingerprint density at radius 1 is 1.11 bits per heavy atom. The minimum atomic E-state index is -0.00234. The predicted octanol–water partition coefficient (Wildman–Crippen LogP) is 2.44. The average Bonchev–Trinajstić information content (AvgIpc) is 2.35. The summed E-state index contributed by atoms with van der Waals surface area (Å²) in [6, 6.07) is 8.31. The van der Waals surface area contributed by atoms with E-state index in [4.69, 9.17) is 5.73 Å². The van der Waals surface area contributed by atoms with Crippen LogP contribution in [-0.4, -0.2) is 4.57 Å². The Kier molecular flexibility index (Phi) is 3.58. The van der Waals surface area contributed by atoms with Crippen LogP contribution >= 0.6 is 0 Å². The first-order valence-electron chi connectivity index (χ1n) is 6.43. The molecule has 2 N–H and O–H groups in total. The first kappa shape index (κ1) is 13.6. The second-order valence-corrected chi connectivity index (χ2v) is 5.08. The van der Waals surface area contributed by atoms with Crippen LogP contribution < -0.4 is 11.3 Å². The molecule has 0 aliphatic rings. The molecule has 0 unspecified atom stereocenters. The highest BCUT2D eigenvalue weighted by atomic mass is 16.1.